The number of nitrogens with zero attached hydrogens (tertiary/aromatic N) is 2. The van der Waals surface area contributed by atoms with E-state index in [1.807, 2.05) is 26.2 Å². The second-order valence-electron chi connectivity index (χ2n) is 3.51. The van der Waals surface area contributed by atoms with Crippen LogP contribution in [0.4, 0.5) is 0 Å². The molecule has 78 valence electrons. The Morgan fingerprint density at radius 3 is 2.64 bits per heavy atom. The van der Waals surface area contributed by atoms with Crippen LogP contribution in [0, 0.1) is 6.92 Å². The fourth-order valence-corrected chi connectivity index (χ4v) is 1.77. The van der Waals surface area contributed by atoms with Crippen LogP contribution < -0.4 is 5.73 Å². The summed E-state index contributed by atoms with van der Waals surface area (Å²) in [5, 5.41) is 0.861. The molecule has 0 aliphatic carbocycles. The number of aryl methyl sites for hydroxylation is 1. The van der Waals surface area contributed by atoms with Gasteiger partial charge < -0.3 is 5.73 Å². The molecule has 0 aromatic carbocycles. The first kappa shape index (κ1) is 11.5. The molecule has 0 bridgehead atoms. The van der Waals surface area contributed by atoms with Crippen molar-refractivity contribution in [1.82, 2.24) is 9.97 Å². The van der Waals surface area contributed by atoms with Crippen molar-refractivity contribution in [2.24, 2.45) is 5.73 Å². The Morgan fingerprint density at radius 2 is 2.07 bits per heavy atom. The molecule has 1 rings (SSSR count). The van der Waals surface area contributed by atoms with Crippen LogP contribution in [0.3, 0.4) is 0 Å². The first-order valence-corrected chi connectivity index (χ1v) is 5.84. The third-order valence-corrected chi connectivity index (χ3v) is 2.75. The van der Waals surface area contributed by atoms with Crippen LogP contribution in [-0.2, 0) is 0 Å². The predicted octanol–water partition coefficient (Wildman–Crippen LogP) is 2.00. The average molecular weight is 211 g/mol. The van der Waals surface area contributed by atoms with Gasteiger partial charge in [-0.3, -0.25) is 0 Å². The molecule has 0 saturated heterocycles. The molecule has 0 fully saturated rings. The van der Waals surface area contributed by atoms with E-state index in [2.05, 4.69) is 9.97 Å². The van der Waals surface area contributed by atoms with E-state index in [9.17, 15) is 0 Å². The zero-order valence-corrected chi connectivity index (χ0v) is 9.55. The van der Waals surface area contributed by atoms with Gasteiger partial charge in [0.05, 0.1) is 0 Å². The van der Waals surface area contributed by atoms with Gasteiger partial charge in [-0.05, 0) is 32.3 Å². The van der Waals surface area contributed by atoms with Crippen LogP contribution in [0.5, 0.6) is 0 Å². The van der Waals surface area contributed by atoms with Gasteiger partial charge in [0.25, 0.3) is 0 Å². The maximum atomic E-state index is 5.65. The number of nitrogens with two attached hydrogens (primary N) is 1. The van der Waals surface area contributed by atoms with Crippen LogP contribution in [0.25, 0.3) is 0 Å². The number of hydrogen-bond acceptors (Lipinski definition) is 4. The topological polar surface area (TPSA) is 51.8 Å². The van der Waals surface area contributed by atoms with Gasteiger partial charge in [-0.25, -0.2) is 9.97 Å². The third kappa shape index (κ3) is 4.58. The molecule has 0 aliphatic heterocycles. The summed E-state index contributed by atoms with van der Waals surface area (Å²) in [5.41, 5.74) is 6.75. The van der Waals surface area contributed by atoms with Gasteiger partial charge in [-0.2, -0.15) is 0 Å². The van der Waals surface area contributed by atoms with Crippen molar-refractivity contribution in [2.75, 3.05) is 5.75 Å². The highest BCUT2D eigenvalue weighted by atomic mass is 32.2. The maximum absolute atomic E-state index is 5.65. The highest BCUT2D eigenvalue weighted by molar-refractivity contribution is 7.99. The second-order valence-corrected chi connectivity index (χ2v) is 4.57. The lowest BCUT2D eigenvalue weighted by Gasteiger charge is -2.03. The summed E-state index contributed by atoms with van der Waals surface area (Å²) in [4.78, 5) is 8.43. The van der Waals surface area contributed by atoms with E-state index >= 15 is 0 Å². The molecule has 1 heterocycles. The zero-order chi connectivity index (χ0) is 10.4. The lowest BCUT2D eigenvalue weighted by atomic mass is 10.2. The fraction of sp³-hybridized carbons (Fsp3) is 0.600. The average Bonchev–Trinajstić information content (AvgIpc) is 2.15. The Balaban J connectivity index is 2.21. The van der Waals surface area contributed by atoms with Gasteiger partial charge in [-0.1, -0.05) is 11.8 Å². The van der Waals surface area contributed by atoms with E-state index in [0.29, 0.717) is 6.04 Å². The van der Waals surface area contributed by atoms with Gasteiger partial charge in [0.1, 0.15) is 0 Å². The molecule has 1 atom stereocenters. The molecule has 0 saturated carbocycles. The standard InChI is InChI=1S/C10H17N3S/c1-8-6-12-10(13-7-8)14-5-3-4-9(2)11/h6-7,9H,3-5,11H2,1-2H3. The SMILES string of the molecule is Cc1cnc(SCCCC(C)N)nc1. The van der Waals surface area contributed by atoms with Gasteiger partial charge in [-0.15, -0.1) is 0 Å². The van der Waals surface area contributed by atoms with Crippen molar-refractivity contribution < 1.29 is 0 Å². The molecule has 4 heteroatoms. The van der Waals surface area contributed by atoms with Crippen molar-refractivity contribution in [3.8, 4) is 0 Å². The minimum absolute atomic E-state index is 0.300. The van der Waals surface area contributed by atoms with Crippen molar-refractivity contribution >= 4 is 11.8 Å². The highest BCUT2D eigenvalue weighted by Crippen LogP contribution is 2.14. The van der Waals surface area contributed by atoms with Crippen LogP contribution in [0.15, 0.2) is 17.6 Å². The molecule has 0 radical (unpaired) electrons. The summed E-state index contributed by atoms with van der Waals surface area (Å²) in [5.74, 6) is 1.05. The molecule has 0 amide bonds. The Morgan fingerprint density at radius 1 is 1.43 bits per heavy atom. The number of rotatable bonds is 5. The van der Waals surface area contributed by atoms with Crippen molar-refractivity contribution in [3.05, 3.63) is 18.0 Å². The molecule has 1 unspecified atom stereocenters. The van der Waals surface area contributed by atoms with E-state index in [4.69, 9.17) is 5.73 Å². The van der Waals surface area contributed by atoms with Crippen molar-refractivity contribution in [1.29, 1.82) is 0 Å². The summed E-state index contributed by atoms with van der Waals surface area (Å²) >= 11 is 1.69. The predicted molar refractivity (Wildman–Crippen MR) is 60.4 cm³/mol. The molecule has 1 aromatic heterocycles. The number of thioether (sulfide) groups is 1. The van der Waals surface area contributed by atoms with Gasteiger partial charge in [0, 0.05) is 24.2 Å². The largest absolute Gasteiger partial charge is 0.328 e. The quantitative estimate of drug-likeness (QED) is 0.460. The van der Waals surface area contributed by atoms with Gasteiger partial charge in [0.15, 0.2) is 5.16 Å². The maximum Gasteiger partial charge on any atom is 0.187 e. The summed E-state index contributed by atoms with van der Waals surface area (Å²) in [7, 11) is 0. The van der Waals surface area contributed by atoms with Crippen molar-refractivity contribution in [2.45, 2.75) is 37.9 Å². The Bertz CT molecular complexity index is 259. The molecular formula is C10H17N3S. The van der Waals surface area contributed by atoms with E-state index < -0.39 is 0 Å². The van der Waals surface area contributed by atoms with E-state index in [1.165, 1.54) is 0 Å². The van der Waals surface area contributed by atoms with Crippen LogP contribution in [-0.4, -0.2) is 21.8 Å². The molecule has 0 spiro atoms. The zero-order valence-electron chi connectivity index (χ0n) is 8.73. The third-order valence-electron chi connectivity index (χ3n) is 1.79. The second kappa shape index (κ2) is 5.98. The number of hydrogen-bond donors (Lipinski definition) is 1. The molecule has 2 N–H and O–H groups in total. The summed E-state index contributed by atoms with van der Waals surface area (Å²) < 4.78 is 0. The minimum atomic E-state index is 0.300. The first-order valence-electron chi connectivity index (χ1n) is 4.85. The first-order chi connectivity index (χ1) is 6.68. The number of aromatic nitrogens is 2. The monoisotopic (exact) mass is 211 g/mol. The van der Waals surface area contributed by atoms with Crippen molar-refractivity contribution in [3.63, 3.8) is 0 Å². The Hall–Kier alpha value is -0.610. The molecule has 3 nitrogen and oxygen atoms in total. The van der Waals surface area contributed by atoms with E-state index in [1.54, 1.807) is 11.8 Å². The molecular weight excluding hydrogens is 194 g/mol. The normalized spacial score (nSPS) is 12.8. The Labute approximate surface area is 89.5 Å². The lowest BCUT2D eigenvalue weighted by Crippen LogP contribution is -2.14. The lowest BCUT2D eigenvalue weighted by molar-refractivity contribution is 0.656. The molecule has 0 aliphatic rings. The van der Waals surface area contributed by atoms with Gasteiger partial charge in [0.2, 0.25) is 0 Å². The van der Waals surface area contributed by atoms with Crippen LogP contribution in [0.2, 0.25) is 0 Å². The highest BCUT2D eigenvalue weighted by Gasteiger charge is 1.98. The van der Waals surface area contributed by atoms with Gasteiger partial charge >= 0.3 is 0 Å². The summed E-state index contributed by atoms with van der Waals surface area (Å²) in [6.07, 6.45) is 5.89. The Kier molecular flexibility index (Phi) is 4.90. The van der Waals surface area contributed by atoms with Crippen LogP contribution in [0.1, 0.15) is 25.3 Å². The van der Waals surface area contributed by atoms with E-state index in [0.717, 1.165) is 29.3 Å². The van der Waals surface area contributed by atoms with Crippen LogP contribution >= 0.6 is 11.8 Å². The molecule has 14 heavy (non-hydrogen) atoms. The smallest absolute Gasteiger partial charge is 0.187 e. The van der Waals surface area contributed by atoms with E-state index in [-0.39, 0.29) is 0 Å². The summed E-state index contributed by atoms with van der Waals surface area (Å²) in [6, 6.07) is 0.300. The summed E-state index contributed by atoms with van der Waals surface area (Å²) in [6.45, 7) is 4.03. The molecule has 1 aromatic rings. The fourth-order valence-electron chi connectivity index (χ4n) is 1.02. The minimum Gasteiger partial charge on any atom is -0.328 e.